The molecule has 0 unspecified atom stereocenters. The highest BCUT2D eigenvalue weighted by Crippen LogP contribution is 2.36. The molecule has 0 fully saturated rings. The maximum absolute atomic E-state index is 14.7. The molecule has 2 aromatic carbocycles. The molecule has 0 saturated carbocycles. The summed E-state index contributed by atoms with van der Waals surface area (Å²) in [6.07, 6.45) is -2.80. The zero-order chi connectivity index (χ0) is 26.5. The van der Waals surface area contributed by atoms with Crippen LogP contribution < -0.4 is 16.8 Å². The van der Waals surface area contributed by atoms with Crippen molar-refractivity contribution in [3.8, 4) is 11.3 Å². The predicted octanol–water partition coefficient (Wildman–Crippen LogP) is 4.19. The van der Waals surface area contributed by atoms with Gasteiger partial charge < -0.3 is 16.8 Å². The summed E-state index contributed by atoms with van der Waals surface area (Å²) in [5.41, 5.74) is 9.38. The zero-order valence-corrected chi connectivity index (χ0v) is 18.9. The lowest BCUT2D eigenvalue weighted by atomic mass is 9.99. The van der Waals surface area contributed by atoms with Crippen LogP contribution in [0.4, 0.5) is 23.2 Å². The van der Waals surface area contributed by atoms with Crippen molar-refractivity contribution in [1.29, 1.82) is 0 Å². The van der Waals surface area contributed by atoms with E-state index in [1.807, 2.05) is 0 Å². The average molecular weight is 499 g/mol. The second-order valence-corrected chi connectivity index (χ2v) is 7.57. The summed E-state index contributed by atoms with van der Waals surface area (Å²) in [5, 5.41) is 2.49. The number of rotatable bonds is 7. The number of aliphatic imine (C=N–C) groups is 1. The number of nitrogens with zero attached hydrogens (tertiary/aromatic N) is 2. The number of aromatic nitrogens is 1. The molecule has 1 heterocycles. The van der Waals surface area contributed by atoms with Gasteiger partial charge in [0, 0.05) is 30.1 Å². The molecule has 0 saturated heterocycles. The molecule has 5 N–H and O–H groups in total. The van der Waals surface area contributed by atoms with Gasteiger partial charge in [0.05, 0.1) is 34.6 Å². The number of nitrogens with two attached hydrogens (primary N) is 2. The normalized spacial score (nSPS) is 12.1. The van der Waals surface area contributed by atoms with Crippen LogP contribution in [-0.4, -0.2) is 30.1 Å². The third kappa shape index (κ3) is 6.12. The standard InChI is InChI=1S/C25H21F4N5O2/c1-32-10-9-20(30)16-12-17(19(26)13-18(16)25(27,28)29)24(36)34-21-8-7-15(11-22(31)35)33-23(21)14-5-3-2-4-6-14/h2-10,12-13H,11,30H2,1H3,(H2,31,35)(H,34,36). The van der Waals surface area contributed by atoms with Crippen LogP contribution in [0.25, 0.3) is 17.0 Å². The minimum atomic E-state index is -4.92. The Balaban J connectivity index is 2.08. The lowest BCUT2D eigenvalue weighted by Crippen LogP contribution is -2.19. The van der Waals surface area contributed by atoms with E-state index in [0.717, 1.165) is 12.1 Å². The van der Waals surface area contributed by atoms with Crippen LogP contribution in [0.3, 0.4) is 0 Å². The fourth-order valence-corrected chi connectivity index (χ4v) is 3.35. The Kier molecular flexibility index (Phi) is 7.83. The molecular weight excluding hydrogens is 478 g/mol. The molecule has 0 aliphatic carbocycles. The van der Waals surface area contributed by atoms with E-state index in [9.17, 15) is 27.2 Å². The van der Waals surface area contributed by atoms with Gasteiger partial charge in [-0.2, -0.15) is 13.2 Å². The van der Waals surface area contributed by atoms with Gasteiger partial charge in [0.2, 0.25) is 5.91 Å². The molecule has 1 aromatic heterocycles. The van der Waals surface area contributed by atoms with Gasteiger partial charge in [0.15, 0.2) is 0 Å². The van der Waals surface area contributed by atoms with Gasteiger partial charge in [0.1, 0.15) is 5.82 Å². The van der Waals surface area contributed by atoms with E-state index in [1.165, 1.54) is 25.4 Å². The van der Waals surface area contributed by atoms with Crippen molar-refractivity contribution < 1.29 is 27.2 Å². The smallest absolute Gasteiger partial charge is 0.398 e. The lowest BCUT2D eigenvalue weighted by molar-refractivity contribution is -0.138. The zero-order valence-electron chi connectivity index (χ0n) is 18.9. The predicted molar refractivity (Wildman–Crippen MR) is 129 cm³/mol. The number of primary amides is 1. The first kappa shape index (κ1) is 26.1. The summed E-state index contributed by atoms with van der Waals surface area (Å²) < 4.78 is 55.3. The Morgan fingerprint density at radius 3 is 2.36 bits per heavy atom. The number of pyridine rings is 1. The molecule has 186 valence electrons. The van der Waals surface area contributed by atoms with Crippen LogP contribution in [0.1, 0.15) is 27.2 Å². The number of alkyl halides is 3. The average Bonchev–Trinajstić information content (AvgIpc) is 2.82. The maximum atomic E-state index is 14.7. The number of carbonyl (C=O) groups is 2. The van der Waals surface area contributed by atoms with Crippen molar-refractivity contribution >= 4 is 29.4 Å². The molecule has 3 aromatic rings. The maximum Gasteiger partial charge on any atom is 0.417 e. The van der Waals surface area contributed by atoms with E-state index in [1.54, 1.807) is 30.3 Å². The van der Waals surface area contributed by atoms with Crippen LogP contribution in [0, 0.1) is 5.82 Å². The molecule has 0 aliphatic rings. The van der Waals surface area contributed by atoms with Crippen LogP contribution in [0.5, 0.6) is 0 Å². The van der Waals surface area contributed by atoms with Crippen molar-refractivity contribution in [2.45, 2.75) is 12.6 Å². The van der Waals surface area contributed by atoms with Crippen molar-refractivity contribution in [2.24, 2.45) is 16.5 Å². The van der Waals surface area contributed by atoms with Gasteiger partial charge in [-0.1, -0.05) is 30.3 Å². The van der Waals surface area contributed by atoms with Crippen LogP contribution >= 0.6 is 0 Å². The summed E-state index contributed by atoms with van der Waals surface area (Å²) in [7, 11) is 1.39. The molecule has 0 bridgehead atoms. The molecule has 7 nitrogen and oxygen atoms in total. The monoisotopic (exact) mass is 499 g/mol. The fraction of sp³-hybridized carbons (Fsp3) is 0.120. The van der Waals surface area contributed by atoms with Gasteiger partial charge in [-0.25, -0.2) is 4.39 Å². The van der Waals surface area contributed by atoms with E-state index in [2.05, 4.69) is 15.3 Å². The molecule has 0 aliphatic heterocycles. The Morgan fingerprint density at radius 2 is 1.75 bits per heavy atom. The number of nitrogens with one attached hydrogen (secondary N) is 1. The molecular formula is C25H21F4N5O2. The highest BCUT2D eigenvalue weighted by molar-refractivity contribution is 6.06. The third-order valence-electron chi connectivity index (χ3n) is 4.98. The number of anilines is 1. The van der Waals surface area contributed by atoms with Crippen LogP contribution in [0.15, 0.2) is 65.7 Å². The van der Waals surface area contributed by atoms with Gasteiger partial charge in [-0.05, 0) is 30.3 Å². The Bertz CT molecular complexity index is 1350. The second kappa shape index (κ2) is 10.8. The summed E-state index contributed by atoms with van der Waals surface area (Å²) in [5.74, 6) is -3.03. The summed E-state index contributed by atoms with van der Waals surface area (Å²) in [4.78, 5) is 32.3. The first-order chi connectivity index (χ1) is 17.0. The van der Waals surface area contributed by atoms with E-state index in [4.69, 9.17) is 11.5 Å². The Labute approximate surface area is 203 Å². The fourth-order valence-electron chi connectivity index (χ4n) is 3.35. The van der Waals surface area contributed by atoms with E-state index in [0.29, 0.717) is 11.3 Å². The van der Waals surface area contributed by atoms with Crippen molar-refractivity contribution in [3.05, 3.63) is 88.9 Å². The highest BCUT2D eigenvalue weighted by atomic mass is 19.4. The van der Waals surface area contributed by atoms with E-state index < -0.39 is 40.5 Å². The number of carbonyl (C=O) groups excluding carboxylic acids is 2. The van der Waals surface area contributed by atoms with Crippen molar-refractivity contribution in [1.82, 2.24) is 4.98 Å². The lowest BCUT2D eigenvalue weighted by Gasteiger charge is -2.16. The van der Waals surface area contributed by atoms with E-state index in [-0.39, 0.29) is 29.6 Å². The number of halogens is 4. The first-order valence-corrected chi connectivity index (χ1v) is 10.4. The van der Waals surface area contributed by atoms with Crippen molar-refractivity contribution in [2.75, 3.05) is 12.4 Å². The summed E-state index contributed by atoms with van der Waals surface area (Å²) in [6, 6.07) is 12.5. The second-order valence-electron chi connectivity index (χ2n) is 7.57. The highest BCUT2D eigenvalue weighted by Gasteiger charge is 2.36. The SMILES string of the molecule is CN=CC=C(N)c1cc(C(=O)Nc2ccc(CC(N)=O)nc2-c2ccccc2)c(F)cc1C(F)(F)F. The Hall–Kier alpha value is -4.54. The Morgan fingerprint density at radius 1 is 1.06 bits per heavy atom. The molecule has 0 radical (unpaired) electrons. The molecule has 0 atom stereocenters. The molecule has 36 heavy (non-hydrogen) atoms. The number of hydrogen-bond acceptors (Lipinski definition) is 5. The van der Waals surface area contributed by atoms with Crippen LogP contribution in [-0.2, 0) is 17.4 Å². The summed E-state index contributed by atoms with van der Waals surface area (Å²) in [6.45, 7) is 0. The quantitative estimate of drug-likeness (QED) is 0.333. The largest absolute Gasteiger partial charge is 0.417 e. The molecule has 0 spiro atoms. The van der Waals surface area contributed by atoms with Crippen LogP contribution in [0.2, 0.25) is 0 Å². The van der Waals surface area contributed by atoms with Gasteiger partial charge in [-0.3, -0.25) is 19.6 Å². The number of benzene rings is 2. The number of amides is 2. The molecule has 3 rings (SSSR count). The number of hydrogen-bond donors (Lipinski definition) is 3. The van der Waals surface area contributed by atoms with Crippen molar-refractivity contribution in [3.63, 3.8) is 0 Å². The topological polar surface area (TPSA) is 123 Å². The number of allylic oxidation sites excluding steroid dienone is 1. The summed E-state index contributed by atoms with van der Waals surface area (Å²) >= 11 is 0. The van der Waals surface area contributed by atoms with E-state index >= 15 is 0 Å². The van der Waals surface area contributed by atoms with Gasteiger partial charge in [-0.15, -0.1) is 0 Å². The minimum absolute atomic E-state index is 0.141. The minimum Gasteiger partial charge on any atom is -0.398 e. The third-order valence-corrected chi connectivity index (χ3v) is 4.98. The molecule has 11 heteroatoms. The molecule has 2 amide bonds. The first-order valence-electron chi connectivity index (χ1n) is 10.4. The van der Waals surface area contributed by atoms with Gasteiger partial charge >= 0.3 is 6.18 Å². The van der Waals surface area contributed by atoms with Gasteiger partial charge in [0.25, 0.3) is 5.91 Å².